The van der Waals surface area contributed by atoms with Crippen LogP contribution in [0.2, 0.25) is 0 Å². The van der Waals surface area contributed by atoms with E-state index in [4.69, 9.17) is 4.74 Å². The summed E-state index contributed by atoms with van der Waals surface area (Å²) < 4.78 is 45.9. The van der Waals surface area contributed by atoms with Crippen molar-refractivity contribution in [1.29, 1.82) is 0 Å². The lowest BCUT2D eigenvalue weighted by molar-refractivity contribution is -0.137. The Hall–Kier alpha value is -3.86. The SMILES string of the molecule is COc1cccc(Cn2c(=O)c3sccc3n(CC(=O)Nc3ccc(C(F)(F)F)cc3)c2=O)c1. The first-order valence-electron chi connectivity index (χ1n) is 9.98. The molecule has 0 unspecified atom stereocenters. The minimum Gasteiger partial charge on any atom is -0.497 e. The zero-order valence-electron chi connectivity index (χ0n) is 17.8. The molecule has 0 atom stereocenters. The van der Waals surface area contributed by atoms with E-state index in [9.17, 15) is 27.6 Å². The second kappa shape index (κ2) is 9.18. The summed E-state index contributed by atoms with van der Waals surface area (Å²) in [5.74, 6) is -0.0556. The molecule has 2 heterocycles. The number of thiophene rings is 1. The zero-order chi connectivity index (χ0) is 24.5. The molecule has 7 nitrogen and oxygen atoms in total. The highest BCUT2D eigenvalue weighted by molar-refractivity contribution is 7.17. The van der Waals surface area contributed by atoms with Gasteiger partial charge in [0.15, 0.2) is 0 Å². The van der Waals surface area contributed by atoms with Gasteiger partial charge in [-0.15, -0.1) is 11.3 Å². The summed E-state index contributed by atoms with van der Waals surface area (Å²) in [6.07, 6.45) is -4.49. The van der Waals surface area contributed by atoms with E-state index in [0.29, 0.717) is 21.5 Å². The first kappa shape index (κ1) is 23.3. The van der Waals surface area contributed by atoms with Crippen molar-refractivity contribution in [2.24, 2.45) is 0 Å². The third-order valence-electron chi connectivity index (χ3n) is 5.11. The lowest BCUT2D eigenvalue weighted by atomic mass is 10.2. The predicted molar refractivity (Wildman–Crippen MR) is 123 cm³/mol. The first-order chi connectivity index (χ1) is 16.2. The number of methoxy groups -OCH3 is 1. The summed E-state index contributed by atoms with van der Waals surface area (Å²) in [4.78, 5) is 38.8. The van der Waals surface area contributed by atoms with Crippen LogP contribution in [-0.2, 0) is 24.1 Å². The number of anilines is 1. The number of alkyl halides is 3. The molecule has 0 spiro atoms. The van der Waals surface area contributed by atoms with Crippen molar-refractivity contribution in [1.82, 2.24) is 9.13 Å². The first-order valence-corrected chi connectivity index (χ1v) is 10.9. The number of fused-ring (bicyclic) bond motifs is 1. The largest absolute Gasteiger partial charge is 0.497 e. The Morgan fingerprint density at radius 1 is 1.06 bits per heavy atom. The number of hydrogen-bond donors (Lipinski definition) is 1. The topological polar surface area (TPSA) is 82.3 Å². The van der Waals surface area contributed by atoms with Crippen LogP contribution in [0, 0.1) is 0 Å². The normalized spacial score (nSPS) is 11.5. The van der Waals surface area contributed by atoms with Crippen LogP contribution in [0.25, 0.3) is 10.2 Å². The summed E-state index contributed by atoms with van der Waals surface area (Å²) in [6, 6.07) is 12.5. The van der Waals surface area contributed by atoms with Crippen LogP contribution >= 0.6 is 11.3 Å². The summed E-state index contributed by atoms with van der Waals surface area (Å²) in [5, 5.41) is 4.13. The number of ether oxygens (including phenoxy) is 1. The number of carbonyl (C=O) groups excluding carboxylic acids is 1. The van der Waals surface area contributed by atoms with Crippen LogP contribution in [0.3, 0.4) is 0 Å². The molecule has 0 radical (unpaired) electrons. The number of rotatable bonds is 6. The Bertz CT molecular complexity index is 1470. The number of hydrogen-bond acceptors (Lipinski definition) is 5. The van der Waals surface area contributed by atoms with E-state index in [1.807, 2.05) is 0 Å². The van der Waals surface area contributed by atoms with E-state index in [1.54, 1.807) is 35.7 Å². The van der Waals surface area contributed by atoms with E-state index in [1.165, 1.54) is 11.7 Å². The zero-order valence-corrected chi connectivity index (χ0v) is 18.6. The quantitative estimate of drug-likeness (QED) is 0.445. The number of aromatic nitrogens is 2. The van der Waals surface area contributed by atoms with Crippen molar-refractivity contribution in [3.63, 3.8) is 0 Å². The van der Waals surface area contributed by atoms with Gasteiger partial charge in [0.25, 0.3) is 5.56 Å². The van der Waals surface area contributed by atoms with Crippen LogP contribution < -0.4 is 21.3 Å². The molecule has 34 heavy (non-hydrogen) atoms. The number of nitrogens with zero attached hydrogens (tertiary/aromatic N) is 2. The molecule has 2 aromatic heterocycles. The Kier molecular flexibility index (Phi) is 6.29. The van der Waals surface area contributed by atoms with Gasteiger partial charge in [0.05, 0.1) is 24.7 Å². The lowest BCUT2D eigenvalue weighted by Gasteiger charge is -2.13. The molecular weight excluding hydrogens is 471 g/mol. The van der Waals surface area contributed by atoms with Gasteiger partial charge >= 0.3 is 11.9 Å². The smallest absolute Gasteiger partial charge is 0.416 e. The molecule has 0 aliphatic rings. The lowest BCUT2D eigenvalue weighted by Crippen LogP contribution is -2.41. The number of nitrogens with one attached hydrogen (secondary N) is 1. The maximum Gasteiger partial charge on any atom is 0.416 e. The van der Waals surface area contributed by atoms with Gasteiger partial charge in [-0.05, 0) is 53.4 Å². The highest BCUT2D eigenvalue weighted by Gasteiger charge is 2.30. The Morgan fingerprint density at radius 3 is 2.47 bits per heavy atom. The third kappa shape index (κ3) is 4.74. The van der Waals surface area contributed by atoms with Gasteiger partial charge in [-0.25, -0.2) is 4.79 Å². The molecule has 0 aliphatic carbocycles. The van der Waals surface area contributed by atoms with Crippen LogP contribution in [0.4, 0.5) is 18.9 Å². The van der Waals surface area contributed by atoms with Gasteiger partial charge in [-0.3, -0.25) is 18.7 Å². The van der Waals surface area contributed by atoms with Crippen molar-refractivity contribution in [3.05, 3.63) is 91.9 Å². The van der Waals surface area contributed by atoms with Crippen molar-refractivity contribution in [3.8, 4) is 5.75 Å². The van der Waals surface area contributed by atoms with Crippen LogP contribution in [0.15, 0.2) is 69.6 Å². The van der Waals surface area contributed by atoms with Gasteiger partial charge in [-0.1, -0.05) is 12.1 Å². The molecule has 4 rings (SSSR count). The van der Waals surface area contributed by atoms with Gasteiger partial charge in [0, 0.05) is 5.69 Å². The Balaban J connectivity index is 1.64. The van der Waals surface area contributed by atoms with Crippen molar-refractivity contribution in [2.75, 3.05) is 12.4 Å². The average molecular weight is 489 g/mol. The number of benzene rings is 2. The highest BCUT2D eigenvalue weighted by Crippen LogP contribution is 2.29. The molecule has 2 aromatic carbocycles. The molecule has 176 valence electrons. The van der Waals surface area contributed by atoms with Crippen molar-refractivity contribution in [2.45, 2.75) is 19.3 Å². The molecular formula is C23H18F3N3O4S. The Labute approximate surface area is 194 Å². The molecule has 1 N–H and O–H groups in total. The minimum absolute atomic E-state index is 0.0246. The fourth-order valence-electron chi connectivity index (χ4n) is 3.47. The monoisotopic (exact) mass is 489 g/mol. The van der Waals surface area contributed by atoms with E-state index in [2.05, 4.69) is 5.32 Å². The van der Waals surface area contributed by atoms with Gasteiger partial charge < -0.3 is 10.1 Å². The third-order valence-corrected chi connectivity index (χ3v) is 6.00. The number of carbonyl (C=O) groups is 1. The molecule has 11 heteroatoms. The van der Waals surface area contributed by atoms with E-state index < -0.39 is 35.4 Å². The summed E-state index contributed by atoms with van der Waals surface area (Å²) in [5.41, 5.74) is -0.873. The second-order valence-electron chi connectivity index (χ2n) is 7.37. The summed E-state index contributed by atoms with van der Waals surface area (Å²) in [6.45, 7) is -0.450. The van der Waals surface area contributed by atoms with Gasteiger partial charge in [-0.2, -0.15) is 13.2 Å². The summed E-state index contributed by atoms with van der Waals surface area (Å²) in [7, 11) is 1.51. The van der Waals surface area contributed by atoms with Crippen molar-refractivity contribution >= 4 is 33.1 Å². The standard InChI is InChI=1S/C23H18F3N3O4S/c1-33-17-4-2-3-14(11-17)12-29-21(31)20-18(9-10-34-20)28(22(29)32)13-19(30)27-16-7-5-15(6-8-16)23(24,25)26/h2-11H,12-13H2,1H3,(H,27,30). The van der Waals surface area contributed by atoms with Crippen LogP contribution in [-0.4, -0.2) is 22.2 Å². The maximum atomic E-state index is 13.2. The van der Waals surface area contributed by atoms with E-state index in [-0.39, 0.29) is 12.2 Å². The van der Waals surface area contributed by atoms with E-state index >= 15 is 0 Å². The number of halogens is 3. The second-order valence-corrected chi connectivity index (χ2v) is 8.29. The predicted octanol–water partition coefficient (Wildman–Crippen LogP) is 3.94. The van der Waals surface area contributed by atoms with Gasteiger partial charge in [0.1, 0.15) is 17.0 Å². The summed E-state index contributed by atoms with van der Waals surface area (Å²) >= 11 is 1.15. The average Bonchev–Trinajstić information content (AvgIpc) is 3.29. The molecule has 0 saturated heterocycles. The molecule has 0 fully saturated rings. The maximum absolute atomic E-state index is 13.2. The molecule has 0 aliphatic heterocycles. The highest BCUT2D eigenvalue weighted by atomic mass is 32.1. The van der Waals surface area contributed by atoms with Gasteiger partial charge in [0.2, 0.25) is 5.91 Å². The minimum atomic E-state index is -4.49. The number of amides is 1. The van der Waals surface area contributed by atoms with Crippen LogP contribution in [0.5, 0.6) is 5.75 Å². The van der Waals surface area contributed by atoms with Crippen LogP contribution in [0.1, 0.15) is 11.1 Å². The molecule has 1 amide bonds. The Morgan fingerprint density at radius 2 is 1.79 bits per heavy atom. The fraction of sp³-hybridized carbons (Fsp3) is 0.174. The molecule has 4 aromatic rings. The molecule has 0 saturated carbocycles. The van der Waals surface area contributed by atoms with Crippen molar-refractivity contribution < 1.29 is 22.7 Å². The fourth-order valence-corrected chi connectivity index (χ4v) is 4.31. The molecule has 0 bridgehead atoms. The van der Waals surface area contributed by atoms with E-state index in [0.717, 1.165) is 40.2 Å².